The average Bonchev–Trinajstić information content (AvgIpc) is 2.72. The molecule has 1 aromatic carbocycles. The minimum absolute atomic E-state index is 0.160. The van der Waals surface area contributed by atoms with E-state index in [4.69, 9.17) is 10.00 Å². The lowest BCUT2D eigenvalue weighted by atomic mass is 9.55. The van der Waals surface area contributed by atoms with Gasteiger partial charge in [-0.25, -0.2) is 8.78 Å². The van der Waals surface area contributed by atoms with Crippen LogP contribution >= 0.6 is 0 Å². The lowest BCUT2D eigenvalue weighted by Crippen LogP contribution is -2.42. The maximum absolute atomic E-state index is 13.8. The van der Waals surface area contributed by atoms with Crippen molar-refractivity contribution in [2.75, 3.05) is 0 Å². The van der Waals surface area contributed by atoms with E-state index in [1.54, 1.807) is 0 Å². The summed E-state index contributed by atoms with van der Waals surface area (Å²) < 4.78 is 32.9. The number of ether oxygens (including phenoxy) is 1. The fourth-order valence-electron chi connectivity index (χ4n) is 6.39. The Bertz CT molecular complexity index is 795. The molecule has 156 valence electrons. The minimum Gasteiger partial charge on any atom is -0.426 e. The summed E-state index contributed by atoms with van der Waals surface area (Å²) in [4.78, 5) is 12.7. The molecule has 3 nitrogen and oxygen atoms in total. The van der Waals surface area contributed by atoms with Gasteiger partial charge in [-0.2, -0.15) is 5.26 Å². The third kappa shape index (κ3) is 4.04. The summed E-state index contributed by atoms with van der Waals surface area (Å²) in [7, 11) is 0. The number of halogens is 2. The van der Waals surface area contributed by atoms with E-state index in [1.165, 1.54) is 44.6 Å². The Balaban J connectivity index is 1.38. The number of carbonyl (C=O) groups is 1. The fourth-order valence-corrected chi connectivity index (χ4v) is 6.39. The van der Waals surface area contributed by atoms with Crippen LogP contribution in [0.3, 0.4) is 0 Å². The monoisotopic (exact) mass is 401 g/mol. The van der Waals surface area contributed by atoms with E-state index in [0.29, 0.717) is 5.92 Å². The van der Waals surface area contributed by atoms with Crippen molar-refractivity contribution in [3.8, 4) is 11.8 Å². The Labute approximate surface area is 171 Å². The predicted molar refractivity (Wildman–Crippen MR) is 105 cm³/mol. The molecule has 29 heavy (non-hydrogen) atoms. The highest BCUT2D eigenvalue weighted by Gasteiger charge is 2.45. The molecular formula is C24H29F2NO2. The number of rotatable bonds is 3. The second-order valence-corrected chi connectivity index (χ2v) is 9.32. The van der Waals surface area contributed by atoms with Gasteiger partial charge in [0.15, 0.2) is 0 Å². The van der Waals surface area contributed by atoms with Gasteiger partial charge in [-0.05, 0) is 74.5 Å². The van der Waals surface area contributed by atoms with E-state index in [2.05, 4.69) is 6.92 Å². The highest BCUT2D eigenvalue weighted by atomic mass is 19.1. The molecule has 3 fully saturated rings. The van der Waals surface area contributed by atoms with Gasteiger partial charge in [0, 0.05) is 12.1 Å². The molecule has 3 unspecified atom stereocenters. The van der Waals surface area contributed by atoms with Gasteiger partial charge in [-0.1, -0.05) is 19.8 Å². The molecule has 0 aromatic heterocycles. The summed E-state index contributed by atoms with van der Waals surface area (Å²) in [6.07, 6.45) is 10.5. The van der Waals surface area contributed by atoms with Crippen LogP contribution in [0.5, 0.6) is 5.75 Å². The van der Waals surface area contributed by atoms with Crippen molar-refractivity contribution < 1.29 is 18.3 Å². The van der Waals surface area contributed by atoms with Gasteiger partial charge in [0.1, 0.15) is 29.0 Å². The molecule has 3 aliphatic rings. The van der Waals surface area contributed by atoms with E-state index in [-0.39, 0.29) is 11.7 Å². The van der Waals surface area contributed by atoms with E-state index >= 15 is 0 Å². The van der Waals surface area contributed by atoms with Gasteiger partial charge in [0.2, 0.25) is 0 Å². The Morgan fingerprint density at radius 1 is 1.03 bits per heavy atom. The van der Waals surface area contributed by atoms with E-state index in [1.807, 2.05) is 0 Å². The average molecular weight is 401 g/mol. The van der Waals surface area contributed by atoms with Crippen LogP contribution in [0, 0.1) is 58.5 Å². The minimum atomic E-state index is -1.000. The van der Waals surface area contributed by atoms with Crippen molar-refractivity contribution in [1.82, 2.24) is 0 Å². The van der Waals surface area contributed by atoms with Crippen LogP contribution in [-0.4, -0.2) is 5.97 Å². The second-order valence-electron chi connectivity index (χ2n) is 9.32. The van der Waals surface area contributed by atoms with Gasteiger partial charge in [-0.3, -0.25) is 4.79 Å². The number of benzene rings is 1. The van der Waals surface area contributed by atoms with Crippen LogP contribution in [0.1, 0.15) is 70.3 Å². The summed E-state index contributed by atoms with van der Waals surface area (Å²) in [5.74, 6) is 1.10. The zero-order valence-electron chi connectivity index (χ0n) is 17.0. The van der Waals surface area contributed by atoms with Gasteiger partial charge < -0.3 is 4.74 Å². The number of hydrogen-bond acceptors (Lipinski definition) is 3. The number of nitrogens with zero attached hydrogens (tertiary/aromatic N) is 1. The van der Waals surface area contributed by atoms with E-state index in [0.717, 1.165) is 55.1 Å². The topological polar surface area (TPSA) is 50.1 Å². The normalized spacial score (nSPS) is 33.9. The van der Waals surface area contributed by atoms with E-state index in [9.17, 15) is 13.6 Å². The Hall–Kier alpha value is -1.96. The smallest absolute Gasteiger partial charge is 0.314 e. The third-order valence-corrected chi connectivity index (χ3v) is 7.91. The number of nitriles is 1. The summed E-state index contributed by atoms with van der Waals surface area (Å²) in [6, 6.07) is 3.32. The molecule has 3 saturated carbocycles. The quantitative estimate of drug-likeness (QED) is 0.460. The Morgan fingerprint density at radius 3 is 2.28 bits per heavy atom. The summed E-state index contributed by atoms with van der Waals surface area (Å²) >= 11 is 0. The molecule has 0 N–H and O–H groups in total. The van der Waals surface area contributed by atoms with Gasteiger partial charge >= 0.3 is 5.97 Å². The molecule has 0 bridgehead atoms. The maximum Gasteiger partial charge on any atom is 0.314 e. The van der Waals surface area contributed by atoms with Crippen molar-refractivity contribution in [2.45, 2.75) is 64.7 Å². The molecule has 0 aliphatic heterocycles. The standard InChI is InChI=1S/C24H29F2NO2/c1-2-14-3-7-19-15(9-14)4-5-16-10-17(6-8-20(16)19)24(28)29-18-11-22(25)21(13-27)23(26)12-18/h11-12,14-17,19-20H,2-10H2,1H3/t14?,15?,16-,17-,19?,20+/m1/s1. The number of fused-ring (bicyclic) bond motifs is 3. The van der Waals surface area contributed by atoms with Crippen LogP contribution in [-0.2, 0) is 4.79 Å². The largest absolute Gasteiger partial charge is 0.426 e. The summed E-state index contributed by atoms with van der Waals surface area (Å²) in [6.45, 7) is 2.30. The molecule has 0 amide bonds. The first-order valence-electron chi connectivity index (χ1n) is 11.1. The number of carbonyl (C=O) groups excluding carboxylic acids is 1. The molecular weight excluding hydrogens is 372 g/mol. The van der Waals surface area contributed by atoms with Crippen LogP contribution in [0.4, 0.5) is 8.78 Å². The predicted octanol–water partition coefficient (Wildman–Crippen LogP) is 6.01. The fraction of sp³-hybridized carbons (Fsp3) is 0.667. The molecule has 6 atom stereocenters. The maximum atomic E-state index is 13.8. The molecule has 1 aromatic rings. The van der Waals surface area contributed by atoms with Crippen molar-refractivity contribution >= 4 is 5.97 Å². The molecule has 4 rings (SSSR count). The highest BCUT2D eigenvalue weighted by molar-refractivity contribution is 5.75. The first-order chi connectivity index (χ1) is 14.0. The van der Waals surface area contributed by atoms with Crippen molar-refractivity contribution in [2.24, 2.45) is 35.5 Å². The van der Waals surface area contributed by atoms with Gasteiger partial charge in [0.25, 0.3) is 0 Å². The van der Waals surface area contributed by atoms with Crippen molar-refractivity contribution in [3.05, 3.63) is 29.3 Å². The van der Waals surface area contributed by atoms with Crippen molar-refractivity contribution in [3.63, 3.8) is 0 Å². The molecule has 0 saturated heterocycles. The van der Waals surface area contributed by atoms with Crippen LogP contribution in [0.25, 0.3) is 0 Å². The zero-order chi connectivity index (χ0) is 20.5. The number of hydrogen-bond donors (Lipinski definition) is 0. The highest BCUT2D eigenvalue weighted by Crippen LogP contribution is 2.53. The molecule has 3 aliphatic carbocycles. The first kappa shape index (κ1) is 20.3. The molecule has 5 heteroatoms. The number of esters is 1. The van der Waals surface area contributed by atoms with Crippen LogP contribution in [0.2, 0.25) is 0 Å². The molecule has 0 radical (unpaired) electrons. The van der Waals surface area contributed by atoms with Crippen LogP contribution < -0.4 is 4.74 Å². The lowest BCUT2D eigenvalue weighted by molar-refractivity contribution is -0.142. The van der Waals surface area contributed by atoms with Crippen molar-refractivity contribution in [1.29, 1.82) is 5.26 Å². The van der Waals surface area contributed by atoms with Crippen LogP contribution in [0.15, 0.2) is 12.1 Å². The Kier molecular flexibility index (Phi) is 5.90. The third-order valence-electron chi connectivity index (χ3n) is 7.91. The summed E-state index contributed by atoms with van der Waals surface area (Å²) in [5.41, 5.74) is -0.653. The molecule has 0 heterocycles. The second kappa shape index (κ2) is 8.42. The Morgan fingerprint density at radius 2 is 1.66 bits per heavy atom. The summed E-state index contributed by atoms with van der Waals surface area (Å²) in [5, 5.41) is 8.76. The van der Waals surface area contributed by atoms with Gasteiger partial charge in [0.05, 0.1) is 5.92 Å². The van der Waals surface area contributed by atoms with E-state index < -0.39 is 23.2 Å². The zero-order valence-corrected chi connectivity index (χ0v) is 17.0. The molecule has 0 spiro atoms. The lowest BCUT2D eigenvalue weighted by Gasteiger charge is -2.50. The SMILES string of the molecule is CCC1CCC2C(CC[C@@H]3C[C@H](C(=O)Oc4cc(F)c(C#N)c(F)c4)CC[C@H]23)C1. The van der Waals surface area contributed by atoms with Gasteiger partial charge in [-0.15, -0.1) is 0 Å². The first-order valence-corrected chi connectivity index (χ1v) is 11.1.